The molecule has 0 amide bonds. The third-order valence-corrected chi connectivity index (χ3v) is 4.39. The lowest BCUT2D eigenvalue weighted by Crippen LogP contribution is -2.36. The second-order valence-corrected chi connectivity index (χ2v) is 5.74. The molecule has 1 fully saturated rings. The molecule has 0 aromatic heterocycles. The van der Waals surface area contributed by atoms with E-state index in [9.17, 15) is 4.39 Å². The maximum absolute atomic E-state index is 13.9. The minimum absolute atomic E-state index is 0.0388. The van der Waals surface area contributed by atoms with Crippen molar-refractivity contribution in [1.29, 1.82) is 0 Å². The molecule has 0 radical (unpaired) electrons. The average Bonchev–Trinajstić information content (AvgIpc) is 2.52. The van der Waals surface area contributed by atoms with Crippen molar-refractivity contribution in [3.8, 4) is 5.75 Å². The van der Waals surface area contributed by atoms with Crippen LogP contribution in [0.4, 0.5) is 4.39 Å². The highest BCUT2D eigenvalue weighted by Crippen LogP contribution is 2.34. The molecular formula is C17H26FNO2. The van der Waals surface area contributed by atoms with Crippen LogP contribution in [0.1, 0.15) is 50.6 Å². The van der Waals surface area contributed by atoms with Crippen LogP contribution in [-0.4, -0.2) is 19.8 Å². The van der Waals surface area contributed by atoms with Gasteiger partial charge in [-0.3, -0.25) is 0 Å². The molecular weight excluding hydrogens is 269 g/mol. The molecule has 0 spiro atoms. The van der Waals surface area contributed by atoms with Crippen LogP contribution in [0.15, 0.2) is 18.2 Å². The average molecular weight is 295 g/mol. The lowest BCUT2D eigenvalue weighted by molar-refractivity contribution is -0.00991. The maximum atomic E-state index is 13.9. The smallest absolute Gasteiger partial charge is 0.165 e. The molecule has 1 aliphatic carbocycles. The van der Waals surface area contributed by atoms with Crippen LogP contribution in [0.5, 0.6) is 5.75 Å². The first-order chi connectivity index (χ1) is 10.2. The monoisotopic (exact) mass is 295 g/mol. The van der Waals surface area contributed by atoms with E-state index in [2.05, 4.69) is 0 Å². The van der Waals surface area contributed by atoms with Crippen molar-refractivity contribution >= 4 is 0 Å². The number of halogens is 1. The first kappa shape index (κ1) is 16.2. The van der Waals surface area contributed by atoms with Crippen molar-refractivity contribution < 1.29 is 13.9 Å². The SMILES string of the molecule is CCOC(C1CCCCC1)C(N)c1ccc(OC)c(F)c1. The summed E-state index contributed by atoms with van der Waals surface area (Å²) in [5.41, 5.74) is 7.16. The van der Waals surface area contributed by atoms with Gasteiger partial charge in [0, 0.05) is 6.61 Å². The van der Waals surface area contributed by atoms with Gasteiger partial charge in [0.2, 0.25) is 0 Å². The summed E-state index contributed by atoms with van der Waals surface area (Å²) in [4.78, 5) is 0. The molecule has 1 aromatic carbocycles. The molecule has 2 unspecified atom stereocenters. The van der Waals surface area contributed by atoms with Crippen LogP contribution < -0.4 is 10.5 Å². The molecule has 2 N–H and O–H groups in total. The van der Waals surface area contributed by atoms with E-state index in [-0.39, 0.29) is 23.7 Å². The van der Waals surface area contributed by atoms with Crippen LogP contribution in [0.3, 0.4) is 0 Å². The number of rotatable bonds is 6. The summed E-state index contributed by atoms with van der Waals surface area (Å²) in [6.07, 6.45) is 6.02. The Labute approximate surface area is 126 Å². The fourth-order valence-corrected chi connectivity index (χ4v) is 3.27. The molecule has 1 saturated carbocycles. The number of nitrogens with two attached hydrogens (primary N) is 1. The third kappa shape index (κ3) is 3.95. The summed E-state index contributed by atoms with van der Waals surface area (Å²) in [6.45, 7) is 2.62. The first-order valence-electron chi connectivity index (χ1n) is 7.88. The third-order valence-electron chi connectivity index (χ3n) is 4.39. The van der Waals surface area contributed by atoms with Crippen molar-refractivity contribution in [3.05, 3.63) is 29.6 Å². The fraction of sp³-hybridized carbons (Fsp3) is 0.647. The zero-order chi connectivity index (χ0) is 15.2. The van der Waals surface area contributed by atoms with Gasteiger partial charge in [-0.15, -0.1) is 0 Å². The Morgan fingerprint density at radius 1 is 1.29 bits per heavy atom. The fourth-order valence-electron chi connectivity index (χ4n) is 3.27. The Kier molecular flexibility index (Phi) is 6.00. The predicted molar refractivity (Wildman–Crippen MR) is 81.9 cm³/mol. The number of hydrogen-bond acceptors (Lipinski definition) is 3. The quantitative estimate of drug-likeness (QED) is 0.867. The maximum Gasteiger partial charge on any atom is 0.165 e. The Morgan fingerprint density at radius 2 is 2.00 bits per heavy atom. The highest BCUT2D eigenvalue weighted by Gasteiger charge is 2.30. The Hall–Kier alpha value is -1.13. The standard InChI is InChI=1S/C17H26FNO2/c1-3-21-17(12-7-5-4-6-8-12)16(19)13-9-10-15(20-2)14(18)11-13/h9-12,16-17H,3-8,19H2,1-2H3. The molecule has 1 aromatic rings. The van der Waals surface area contributed by atoms with Gasteiger partial charge in [0.05, 0.1) is 19.3 Å². The van der Waals surface area contributed by atoms with Crippen molar-refractivity contribution in [3.63, 3.8) is 0 Å². The molecule has 3 nitrogen and oxygen atoms in total. The van der Waals surface area contributed by atoms with Crippen molar-refractivity contribution in [1.82, 2.24) is 0 Å². The number of ether oxygens (including phenoxy) is 2. The van der Waals surface area contributed by atoms with E-state index < -0.39 is 0 Å². The van der Waals surface area contributed by atoms with Gasteiger partial charge in [-0.25, -0.2) is 4.39 Å². The molecule has 118 valence electrons. The van der Waals surface area contributed by atoms with E-state index in [0.29, 0.717) is 12.5 Å². The van der Waals surface area contributed by atoms with E-state index in [0.717, 1.165) is 18.4 Å². The highest BCUT2D eigenvalue weighted by atomic mass is 19.1. The van der Waals surface area contributed by atoms with Gasteiger partial charge < -0.3 is 15.2 Å². The topological polar surface area (TPSA) is 44.5 Å². The van der Waals surface area contributed by atoms with Gasteiger partial charge in [-0.2, -0.15) is 0 Å². The lowest BCUT2D eigenvalue weighted by atomic mass is 9.81. The van der Waals surface area contributed by atoms with Gasteiger partial charge in [-0.1, -0.05) is 25.3 Å². The summed E-state index contributed by atoms with van der Waals surface area (Å²) in [5, 5.41) is 0. The Bertz CT molecular complexity index is 446. The van der Waals surface area contributed by atoms with Crippen LogP contribution in [-0.2, 0) is 4.74 Å². The molecule has 0 aliphatic heterocycles. The van der Waals surface area contributed by atoms with Gasteiger partial charge >= 0.3 is 0 Å². The van der Waals surface area contributed by atoms with Crippen molar-refractivity contribution in [2.24, 2.45) is 11.7 Å². The van der Waals surface area contributed by atoms with Gasteiger partial charge in [0.25, 0.3) is 0 Å². The van der Waals surface area contributed by atoms with E-state index in [1.165, 1.54) is 32.4 Å². The summed E-state index contributed by atoms with van der Waals surface area (Å²) < 4.78 is 24.8. The lowest BCUT2D eigenvalue weighted by Gasteiger charge is -2.34. The molecule has 4 heteroatoms. The molecule has 2 rings (SSSR count). The number of benzene rings is 1. The van der Waals surface area contributed by atoms with E-state index in [4.69, 9.17) is 15.2 Å². The van der Waals surface area contributed by atoms with Crippen LogP contribution in [0.25, 0.3) is 0 Å². The zero-order valence-electron chi connectivity index (χ0n) is 13.0. The minimum atomic E-state index is -0.371. The van der Waals surface area contributed by atoms with Gasteiger partial charge in [0.15, 0.2) is 11.6 Å². The van der Waals surface area contributed by atoms with E-state index in [1.807, 2.05) is 13.0 Å². The van der Waals surface area contributed by atoms with Crippen LogP contribution in [0.2, 0.25) is 0 Å². The van der Waals surface area contributed by atoms with E-state index >= 15 is 0 Å². The predicted octanol–water partition coefficient (Wildman–Crippen LogP) is 3.82. The molecule has 1 aliphatic rings. The highest BCUT2D eigenvalue weighted by molar-refractivity contribution is 5.31. The number of methoxy groups -OCH3 is 1. The second-order valence-electron chi connectivity index (χ2n) is 5.74. The molecule has 0 heterocycles. The zero-order valence-corrected chi connectivity index (χ0v) is 13.0. The van der Waals surface area contributed by atoms with E-state index in [1.54, 1.807) is 6.07 Å². The summed E-state index contributed by atoms with van der Waals surface area (Å²) in [6, 6.07) is 4.64. The minimum Gasteiger partial charge on any atom is -0.494 e. The van der Waals surface area contributed by atoms with Gasteiger partial charge in [0.1, 0.15) is 0 Å². The van der Waals surface area contributed by atoms with Crippen molar-refractivity contribution in [2.45, 2.75) is 51.2 Å². The van der Waals surface area contributed by atoms with Crippen LogP contribution in [0, 0.1) is 11.7 Å². The normalized spacial score (nSPS) is 19.2. The largest absolute Gasteiger partial charge is 0.494 e. The van der Waals surface area contributed by atoms with Crippen LogP contribution >= 0.6 is 0 Å². The second kappa shape index (κ2) is 7.76. The number of hydrogen-bond donors (Lipinski definition) is 1. The summed E-state index contributed by atoms with van der Waals surface area (Å²) >= 11 is 0. The molecule has 21 heavy (non-hydrogen) atoms. The Morgan fingerprint density at radius 3 is 2.57 bits per heavy atom. The molecule has 2 atom stereocenters. The molecule has 0 saturated heterocycles. The van der Waals surface area contributed by atoms with Gasteiger partial charge in [-0.05, 0) is 43.4 Å². The molecule has 0 bridgehead atoms. The summed E-state index contributed by atoms with van der Waals surface area (Å²) in [7, 11) is 1.46. The summed E-state index contributed by atoms with van der Waals surface area (Å²) in [5.74, 6) is 0.347. The first-order valence-corrected chi connectivity index (χ1v) is 7.88. The Balaban J connectivity index is 2.16. The van der Waals surface area contributed by atoms with Crippen molar-refractivity contribution in [2.75, 3.05) is 13.7 Å².